The van der Waals surface area contributed by atoms with Crippen LogP contribution in [0.25, 0.3) is 0 Å². The summed E-state index contributed by atoms with van der Waals surface area (Å²) in [7, 11) is 2.80. The van der Waals surface area contributed by atoms with E-state index >= 15 is 0 Å². The van der Waals surface area contributed by atoms with Gasteiger partial charge in [-0.1, -0.05) is 34.8 Å². The van der Waals surface area contributed by atoms with Crippen LogP contribution in [-0.2, 0) is 20.9 Å². The van der Waals surface area contributed by atoms with Crippen LogP contribution in [0.15, 0.2) is 12.1 Å². The summed E-state index contributed by atoms with van der Waals surface area (Å²) in [5.41, 5.74) is 0. The van der Waals surface area contributed by atoms with E-state index in [-0.39, 0.29) is 36.7 Å². The molecule has 0 bridgehead atoms. The topological polar surface area (TPSA) is 27.7 Å². The summed E-state index contributed by atoms with van der Waals surface area (Å²) in [5, 5.41) is 0.940. The first-order valence-electron chi connectivity index (χ1n) is 3.97. The normalized spacial score (nSPS) is 10.9. The summed E-state index contributed by atoms with van der Waals surface area (Å²) in [4.78, 5) is 0. The van der Waals surface area contributed by atoms with Crippen molar-refractivity contribution < 1.29 is 16.4 Å². The van der Waals surface area contributed by atoms with Gasteiger partial charge in [-0.05, 0) is 6.07 Å². The largest absolute Gasteiger partial charge is 2.00 e. The predicted octanol–water partition coefficient (Wildman–Crippen LogP) is 4.39. The van der Waals surface area contributed by atoms with E-state index < -0.39 is 6.72 Å². The van der Waals surface area contributed by atoms with E-state index in [1.54, 1.807) is 0 Å². The molecule has 0 amide bonds. The monoisotopic (exact) mass is 346 g/mol. The Morgan fingerprint density at radius 2 is 1.53 bits per heavy atom. The number of hydrogen-bond donors (Lipinski definition) is 0. The zero-order valence-electron chi connectivity index (χ0n) is 11.1. The van der Waals surface area contributed by atoms with Gasteiger partial charge in [-0.15, -0.1) is 0 Å². The standard InChI is InChI=1S/C8H8Cl3O3PS.Mg.2H/c1-12-15(16,13-2)14-8-4-6(10)5(9)3-7(8)11;;;/h3-4H,1-2H3;;;/q;+2;2*-1. The molecular weight excluding hydrogens is 338 g/mol. The first kappa shape index (κ1) is 18.2. The van der Waals surface area contributed by atoms with E-state index in [4.69, 9.17) is 60.2 Å². The Morgan fingerprint density at radius 3 is 2.00 bits per heavy atom. The minimum absolute atomic E-state index is 0. The molecule has 0 saturated heterocycles. The molecule has 1 aromatic carbocycles. The molecule has 0 spiro atoms. The molecule has 1 aromatic rings. The average molecular weight is 348 g/mol. The van der Waals surface area contributed by atoms with Crippen LogP contribution in [0.2, 0.25) is 15.1 Å². The van der Waals surface area contributed by atoms with Crippen LogP contribution in [-0.4, -0.2) is 37.3 Å². The van der Waals surface area contributed by atoms with Crippen molar-refractivity contribution in [3.63, 3.8) is 0 Å². The zero-order valence-corrected chi connectivity index (χ0v) is 14.5. The van der Waals surface area contributed by atoms with E-state index in [0.717, 1.165) is 0 Å². The van der Waals surface area contributed by atoms with Gasteiger partial charge in [0.15, 0.2) is 0 Å². The van der Waals surface area contributed by atoms with Gasteiger partial charge in [0.05, 0.1) is 15.1 Å². The molecule has 0 atom stereocenters. The second-order valence-corrected chi connectivity index (χ2v) is 6.97. The number of benzene rings is 1. The van der Waals surface area contributed by atoms with Crippen molar-refractivity contribution >= 4 is 76.4 Å². The molecule has 9 heteroatoms. The molecule has 0 aliphatic carbocycles. The van der Waals surface area contributed by atoms with Crippen LogP contribution in [0.1, 0.15) is 2.85 Å². The predicted molar refractivity (Wildman–Crippen MR) is 78.4 cm³/mol. The Hall–Kier alpha value is 1.23. The average Bonchev–Trinajstić information content (AvgIpc) is 2.25. The van der Waals surface area contributed by atoms with Crippen molar-refractivity contribution in [2.24, 2.45) is 0 Å². The van der Waals surface area contributed by atoms with Crippen molar-refractivity contribution in [2.45, 2.75) is 0 Å². The molecule has 0 heterocycles. The zero-order chi connectivity index (χ0) is 12.3. The van der Waals surface area contributed by atoms with Crippen molar-refractivity contribution in [3.8, 4) is 5.75 Å². The van der Waals surface area contributed by atoms with Gasteiger partial charge in [0.1, 0.15) is 5.75 Å². The van der Waals surface area contributed by atoms with Crippen molar-refractivity contribution in [3.05, 3.63) is 27.2 Å². The van der Waals surface area contributed by atoms with Crippen molar-refractivity contribution in [1.29, 1.82) is 0 Å². The third-order valence-electron chi connectivity index (χ3n) is 1.63. The van der Waals surface area contributed by atoms with E-state index in [2.05, 4.69) is 0 Å². The molecule has 94 valence electrons. The van der Waals surface area contributed by atoms with Crippen molar-refractivity contribution in [2.75, 3.05) is 14.2 Å². The summed E-state index contributed by atoms with van der Waals surface area (Å²) >= 11 is 22.5. The molecule has 0 aliphatic rings. The molecule has 0 N–H and O–H groups in total. The summed E-state index contributed by atoms with van der Waals surface area (Å²) in [6.45, 7) is -2.82. The van der Waals surface area contributed by atoms with E-state index in [0.29, 0.717) is 10.0 Å². The van der Waals surface area contributed by atoms with Gasteiger partial charge < -0.3 is 16.4 Å². The number of hydrogen-bond acceptors (Lipinski definition) is 4. The maximum absolute atomic E-state index is 5.91. The van der Waals surface area contributed by atoms with E-state index in [9.17, 15) is 0 Å². The van der Waals surface area contributed by atoms with Crippen LogP contribution in [0, 0.1) is 0 Å². The maximum atomic E-state index is 5.91. The smallest absolute Gasteiger partial charge is 1.00 e. The van der Waals surface area contributed by atoms with Crippen LogP contribution in [0.3, 0.4) is 0 Å². The van der Waals surface area contributed by atoms with Gasteiger partial charge in [-0.3, -0.25) is 0 Å². The van der Waals surface area contributed by atoms with Crippen LogP contribution in [0.5, 0.6) is 5.75 Å². The SMILES string of the molecule is COP(=S)(OC)Oc1cc(Cl)c(Cl)cc1Cl.[H-].[H-].[Mg+2]. The van der Waals surface area contributed by atoms with Gasteiger partial charge in [-0.25, -0.2) is 0 Å². The maximum Gasteiger partial charge on any atom is 2.00 e. The van der Waals surface area contributed by atoms with Gasteiger partial charge in [0, 0.05) is 32.1 Å². The summed E-state index contributed by atoms with van der Waals surface area (Å²) in [5.74, 6) is 0.281. The molecule has 1 rings (SSSR count). The third-order valence-corrected chi connectivity index (χ3v) is 5.08. The molecule has 0 aliphatic heterocycles. The molecular formula is C8H10Cl3MgO3PS. The quantitative estimate of drug-likeness (QED) is 0.459. The summed E-state index contributed by atoms with van der Waals surface area (Å²) in [6, 6.07) is 2.93. The second kappa shape index (κ2) is 7.73. The Balaban J connectivity index is -0.000000853. The molecule has 0 fully saturated rings. The molecule has 0 unspecified atom stereocenters. The fraction of sp³-hybridized carbons (Fsp3) is 0.250. The summed E-state index contributed by atoms with van der Waals surface area (Å²) in [6.07, 6.45) is 0. The first-order chi connectivity index (χ1) is 7.41. The minimum Gasteiger partial charge on any atom is -1.00 e. The second-order valence-electron chi connectivity index (χ2n) is 2.60. The van der Waals surface area contributed by atoms with Crippen molar-refractivity contribution in [1.82, 2.24) is 0 Å². The Bertz CT molecular complexity index is 447. The molecule has 3 nitrogen and oxygen atoms in total. The Kier molecular flexibility index (Phi) is 8.29. The van der Waals surface area contributed by atoms with Crippen LogP contribution in [0.4, 0.5) is 0 Å². The van der Waals surface area contributed by atoms with E-state index in [1.807, 2.05) is 0 Å². The fourth-order valence-electron chi connectivity index (χ4n) is 0.844. The van der Waals surface area contributed by atoms with Gasteiger partial charge >= 0.3 is 29.8 Å². The van der Waals surface area contributed by atoms with Crippen LogP contribution >= 0.6 is 41.5 Å². The van der Waals surface area contributed by atoms with Gasteiger partial charge in [0.25, 0.3) is 0 Å². The van der Waals surface area contributed by atoms with Gasteiger partial charge in [-0.2, -0.15) is 0 Å². The molecule has 0 radical (unpaired) electrons. The minimum atomic E-state index is -2.82. The molecule has 17 heavy (non-hydrogen) atoms. The van der Waals surface area contributed by atoms with E-state index in [1.165, 1.54) is 26.4 Å². The third kappa shape index (κ3) is 5.01. The Morgan fingerprint density at radius 1 is 1.06 bits per heavy atom. The Labute approximate surface area is 139 Å². The van der Waals surface area contributed by atoms with Crippen LogP contribution < -0.4 is 4.52 Å². The molecule has 0 aromatic heterocycles. The number of halogens is 3. The molecule has 0 saturated carbocycles. The summed E-state index contributed by atoms with van der Waals surface area (Å²) < 4.78 is 15.3. The first-order valence-corrected chi connectivity index (χ1v) is 7.66. The fourth-order valence-corrected chi connectivity index (χ4v) is 2.40. The number of rotatable bonds is 4. The van der Waals surface area contributed by atoms with Gasteiger partial charge in [0.2, 0.25) is 0 Å².